The van der Waals surface area contributed by atoms with Crippen molar-refractivity contribution in [3.63, 3.8) is 0 Å². The van der Waals surface area contributed by atoms with E-state index in [0.29, 0.717) is 0 Å². The summed E-state index contributed by atoms with van der Waals surface area (Å²) in [4.78, 5) is 1.55. The molecule has 0 amide bonds. The Hall–Kier alpha value is -0.270. The van der Waals surface area contributed by atoms with E-state index in [4.69, 9.17) is 0 Å². The number of hydrogen-bond donors (Lipinski definition) is 1. The Morgan fingerprint density at radius 1 is 1.00 bits per heavy atom. The highest BCUT2D eigenvalue weighted by atomic mass is 35.5. The van der Waals surface area contributed by atoms with Gasteiger partial charge in [-0.1, -0.05) is 33.1 Å². The van der Waals surface area contributed by atoms with E-state index in [9.17, 15) is 0 Å². The minimum Gasteiger partial charge on any atom is -1.00 e. The lowest BCUT2D eigenvalue weighted by molar-refractivity contribution is -0.788. The van der Waals surface area contributed by atoms with Gasteiger partial charge in [-0.25, -0.2) is 0 Å². The molecule has 1 atom stereocenters. The average molecular weight is 244 g/mol. The summed E-state index contributed by atoms with van der Waals surface area (Å²) < 4.78 is 0. The summed E-state index contributed by atoms with van der Waals surface area (Å²) in [5.41, 5.74) is 1.54. The summed E-state index contributed by atoms with van der Waals surface area (Å²) in [6.07, 6.45) is 16.4. The van der Waals surface area contributed by atoms with Crippen LogP contribution in [-0.4, -0.2) is 6.54 Å². The van der Waals surface area contributed by atoms with E-state index in [2.05, 4.69) is 32.3 Å². The van der Waals surface area contributed by atoms with E-state index < -0.39 is 0 Å². The standard InChI is InChI=1S/C14H25N.ClH/c1-3-5-7-8-11-15-12-10-14(13-15)9-6-4-2;/h10,12-13H,3-9,11H2,1-2H3;1H. The lowest BCUT2D eigenvalue weighted by Gasteiger charge is -2.05. The van der Waals surface area contributed by atoms with Crippen molar-refractivity contribution in [3.8, 4) is 0 Å². The predicted octanol–water partition coefficient (Wildman–Crippen LogP) is 0.0570. The van der Waals surface area contributed by atoms with Gasteiger partial charge in [0, 0.05) is 11.6 Å². The Bertz CT molecular complexity index is 221. The third kappa shape index (κ3) is 6.34. The molecule has 0 saturated heterocycles. The molecule has 0 radical (unpaired) electrons. The van der Waals surface area contributed by atoms with Crippen molar-refractivity contribution in [2.75, 3.05) is 6.54 Å². The highest BCUT2D eigenvalue weighted by Gasteiger charge is 2.09. The fraction of sp³-hybridized carbons (Fsp3) is 0.714. The molecule has 1 heterocycles. The Labute approximate surface area is 107 Å². The van der Waals surface area contributed by atoms with Gasteiger partial charge in [-0.15, -0.1) is 0 Å². The Morgan fingerprint density at radius 2 is 1.75 bits per heavy atom. The summed E-state index contributed by atoms with van der Waals surface area (Å²) >= 11 is 0. The molecule has 1 nitrogen and oxygen atoms in total. The molecule has 0 fully saturated rings. The largest absolute Gasteiger partial charge is 1.00 e. The molecule has 0 aromatic heterocycles. The van der Waals surface area contributed by atoms with Crippen molar-refractivity contribution in [1.29, 1.82) is 0 Å². The minimum absolute atomic E-state index is 0. The van der Waals surface area contributed by atoms with Gasteiger partial charge in [0.15, 0.2) is 0 Å². The summed E-state index contributed by atoms with van der Waals surface area (Å²) in [5.74, 6) is 0. The van der Waals surface area contributed by atoms with Crippen LogP contribution in [0.15, 0.2) is 24.0 Å². The van der Waals surface area contributed by atoms with Crippen LogP contribution in [0.4, 0.5) is 0 Å². The third-order valence-electron chi connectivity index (χ3n) is 3.02. The zero-order chi connectivity index (χ0) is 10.9. The summed E-state index contributed by atoms with van der Waals surface area (Å²) in [7, 11) is 0. The quantitative estimate of drug-likeness (QED) is 0.575. The topological polar surface area (TPSA) is 4.44 Å². The van der Waals surface area contributed by atoms with Crippen LogP contribution in [0.1, 0.15) is 58.8 Å². The molecular formula is C14H26ClN. The predicted molar refractivity (Wildman–Crippen MR) is 66.7 cm³/mol. The first-order valence-electron chi connectivity index (χ1n) is 6.61. The number of quaternary nitrogens is 1. The molecule has 0 aromatic rings. The van der Waals surface area contributed by atoms with Crippen molar-refractivity contribution in [2.45, 2.75) is 58.8 Å². The van der Waals surface area contributed by atoms with Crippen molar-refractivity contribution in [3.05, 3.63) is 24.0 Å². The van der Waals surface area contributed by atoms with Crippen LogP contribution >= 0.6 is 0 Å². The SMILES string of the molecule is CCCCCC[NH+]1C=CC(CCCC)=C1.[Cl-]. The first kappa shape index (κ1) is 15.7. The molecule has 0 aromatic carbocycles. The van der Waals surface area contributed by atoms with Crippen molar-refractivity contribution in [2.24, 2.45) is 0 Å². The molecule has 0 bridgehead atoms. The first-order valence-corrected chi connectivity index (χ1v) is 6.61. The summed E-state index contributed by atoms with van der Waals surface area (Å²) in [5, 5.41) is 0. The van der Waals surface area contributed by atoms with Crippen LogP contribution in [0.3, 0.4) is 0 Å². The van der Waals surface area contributed by atoms with Gasteiger partial charge in [0.05, 0.1) is 12.7 Å². The van der Waals surface area contributed by atoms with Crippen molar-refractivity contribution in [1.82, 2.24) is 0 Å². The van der Waals surface area contributed by atoms with Gasteiger partial charge in [0.25, 0.3) is 0 Å². The number of halogens is 1. The number of nitrogens with one attached hydrogen (secondary N) is 1. The zero-order valence-corrected chi connectivity index (χ0v) is 11.5. The van der Waals surface area contributed by atoms with E-state index in [1.54, 1.807) is 10.5 Å². The second kappa shape index (κ2) is 9.92. The van der Waals surface area contributed by atoms with E-state index in [1.165, 1.54) is 51.5 Å². The van der Waals surface area contributed by atoms with Gasteiger partial charge in [0.2, 0.25) is 0 Å². The highest BCUT2D eigenvalue weighted by molar-refractivity contribution is 5.17. The van der Waals surface area contributed by atoms with Crippen LogP contribution in [0.5, 0.6) is 0 Å². The molecule has 16 heavy (non-hydrogen) atoms. The van der Waals surface area contributed by atoms with Gasteiger partial charge in [-0.05, 0) is 25.7 Å². The van der Waals surface area contributed by atoms with Crippen molar-refractivity contribution >= 4 is 0 Å². The Balaban J connectivity index is 0.00000225. The second-order valence-electron chi connectivity index (χ2n) is 4.54. The molecule has 0 spiro atoms. The molecular weight excluding hydrogens is 218 g/mol. The van der Waals surface area contributed by atoms with Gasteiger partial charge in [0.1, 0.15) is 6.20 Å². The Kier molecular flexibility index (Phi) is 9.75. The van der Waals surface area contributed by atoms with Crippen LogP contribution in [0.25, 0.3) is 0 Å². The molecule has 0 saturated carbocycles. The molecule has 94 valence electrons. The normalized spacial score (nSPS) is 18.4. The van der Waals surface area contributed by atoms with E-state index in [0.717, 1.165) is 0 Å². The number of rotatable bonds is 8. The van der Waals surface area contributed by atoms with Crippen LogP contribution in [-0.2, 0) is 0 Å². The summed E-state index contributed by atoms with van der Waals surface area (Å²) in [6, 6.07) is 0. The molecule has 2 heteroatoms. The van der Waals surface area contributed by atoms with Crippen LogP contribution < -0.4 is 17.3 Å². The first-order chi connectivity index (χ1) is 7.36. The number of allylic oxidation sites excluding steroid dienone is 2. The zero-order valence-electron chi connectivity index (χ0n) is 10.8. The number of unbranched alkanes of at least 4 members (excludes halogenated alkanes) is 4. The molecule has 1 aliphatic rings. The van der Waals surface area contributed by atoms with E-state index in [1.807, 2.05) is 0 Å². The Morgan fingerprint density at radius 3 is 2.44 bits per heavy atom. The van der Waals surface area contributed by atoms with Crippen LogP contribution in [0.2, 0.25) is 0 Å². The molecule has 0 aliphatic carbocycles. The molecule has 1 aliphatic heterocycles. The van der Waals surface area contributed by atoms with Gasteiger partial charge >= 0.3 is 0 Å². The van der Waals surface area contributed by atoms with Gasteiger partial charge in [-0.3, -0.25) is 4.90 Å². The molecule has 1 unspecified atom stereocenters. The van der Waals surface area contributed by atoms with Crippen LogP contribution in [0, 0.1) is 0 Å². The average Bonchev–Trinajstić information content (AvgIpc) is 2.69. The number of hydrogen-bond acceptors (Lipinski definition) is 0. The smallest absolute Gasteiger partial charge is 0.102 e. The lowest BCUT2D eigenvalue weighted by Crippen LogP contribution is -3.01. The fourth-order valence-electron chi connectivity index (χ4n) is 2.00. The maximum Gasteiger partial charge on any atom is 0.102 e. The van der Waals surface area contributed by atoms with E-state index >= 15 is 0 Å². The molecule has 1 rings (SSSR count). The maximum absolute atomic E-state index is 2.40. The monoisotopic (exact) mass is 243 g/mol. The van der Waals surface area contributed by atoms with Gasteiger partial charge < -0.3 is 12.4 Å². The third-order valence-corrected chi connectivity index (χ3v) is 3.02. The van der Waals surface area contributed by atoms with Crippen molar-refractivity contribution < 1.29 is 17.3 Å². The summed E-state index contributed by atoms with van der Waals surface area (Å²) in [6.45, 7) is 5.81. The minimum atomic E-state index is 0. The fourth-order valence-corrected chi connectivity index (χ4v) is 2.00. The molecule has 1 N–H and O–H groups in total. The second-order valence-corrected chi connectivity index (χ2v) is 4.54. The van der Waals surface area contributed by atoms with Gasteiger partial charge in [-0.2, -0.15) is 0 Å². The van der Waals surface area contributed by atoms with E-state index in [-0.39, 0.29) is 12.4 Å². The maximum atomic E-state index is 2.40. The highest BCUT2D eigenvalue weighted by Crippen LogP contribution is 2.08. The lowest BCUT2D eigenvalue weighted by atomic mass is 10.1.